The lowest BCUT2D eigenvalue weighted by Gasteiger charge is -2.28. The number of thiophene rings is 1. The van der Waals surface area contributed by atoms with Crippen LogP contribution in [0.4, 0.5) is 4.39 Å². The summed E-state index contributed by atoms with van der Waals surface area (Å²) in [6.45, 7) is 3.59. The highest BCUT2D eigenvalue weighted by Crippen LogP contribution is 2.28. The third kappa shape index (κ3) is 3.89. The van der Waals surface area contributed by atoms with E-state index in [1.165, 1.54) is 33.7 Å². The Balaban J connectivity index is 1.48. The zero-order valence-electron chi connectivity index (χ0n) is 17.5. The molecule has 0 bridgehead atoms. The van der Waals surface area contributed by atoms with Crippen molar-refractivity contribution >= 4 is 17.2 Å². The van der Waals surface area contributed by atoms with Gasteiger partial charge < -0.3 is 9.64 Å². The molecule has 1 amide bonds. The average Bonchev–Trinajstić information content (AvgIpc) is 3.48. The molecular formula is C24H21FN4O2S. The number of benzene rings is 2. The van der Waals surface area contributed by atoms with Crippen LogP contribution in [0.3, 0.4) is 0 Å². The second-order valence-electron chi connectivity index (χ2n) is 7.47. The van der Waals surface area contributed by atoms with Crippen molar-refractivity contribution in [2.75, 3.05) is 13.2 Å². The second kappa shape index (κ2) is 8.55. The summed E-state index contributed by atoms with van der Waals surface area (Å²) in [5.74, 6) is 0.798. The van der Waals surface area contributed by atoms with Crippen molar-refractivity contribution in [2.24, 2.45) is 0 Å². The standard InChI is InChI=1S/C24H21FN4O2S/c1-2-31-20-9-8-16-10-11-28(15-17(16)13-20)24(30)22-26-23(21-7-4-12-32-21)29(27-22)19-6-3-5-18(25)14-19/h3-9,12-14H,2,10-11,15H2,1H3. The fourth-order valence-corrected chi connectivity index (χ4v) is 4.56. The molecule has 0 spiro atoms. The van der Waals surface area contributed by atoms with Gasteiger partial charge in [-0.05, 0) is 66.2 Å². The van der Waals surface area contributed by atoms with Gasteiger partial charge in [-0.15, -0.1) is 16.4 Å². The molecule has 0 aliphatic carbocycles. The maximum absolute atomic E-state index is 13.9. The quantitative estimate of drug-likeness (QED) is 0.443. The highest BCUT2D eigenvalue weighted by atomic mass is 32.1. The lowest BCUT2D eigenvalue weighted by Crippen LogP contribution is -2.36. The summed E-state index contributed by atoms with van der Waals surface area (Å²) >= 11 is 1.49. The lowest BCUT2D eigenvalue weighted by atomic mass is 9.99. The Morgan fingerprint density at radius 3 is 2.84 bits per heavy atom. The molecule has 8 heteroatoms. The number of carbonyl (C=O) groups excluding carboxylic acids is 1. The van der Waals surface area contributed by atoms with E-state index in [-0.39, 0.29) is 17.5 Å². The number of fused-ring (bicyclic) bond motifs is 1. The van der Waals surface area contributed by atoms with E-state index < -0.39 is 0 Å². The van der Waals surface area contributed by atoms with Gasteiger partial charge in [-0.25, -0.2) is 14.1 Å². The van der Waals surface area contributed by atoms with Crippen LogP contribution in [-0.2, 0) is 13.0 Å². The highest BCUT2D eigenvalue weighted by Gasteiger charge is 2.27. The Bertz CT molecular complexity index is 1270. The van der Waals surface area contributed by atoms with Crippen molar-refractivity contribution in [1.29, 1.82) is 0 Å². The normalized spacial score (nSPS) is 13.1. The molecule has 0 radical (unpaired) electrons. The number of halogens is 1. The molecule has 0 atom stereocenters. The monoisotopic (exact) mass is 448 g/mol. The van der Waals surface area contributed by atoms with Gasteiger partial charge in [-0.1, -0.05) is 18.2 Å². The van der Waals surface area contributed by atoms with Gasteiger partial charge in [0.05, 0.1) is 17.2 Å². The minimum absolute atomic E-state index is 0.0991. The van der Waals surface area contributed by atoms with Crippen LogP contribution in [-0.4, -0.2) is 38.7 Å². The van der Waals surface area contributed by atoms with E-state index in [9.17, 15) is 9.18 Å². The molecule has 0 N–H and O–H groups in total. The number of rotatable bonds is 5. The first-order valence-electron chi connectivity index (χ1n) is 10.4. The van der Waals surface area contributed by atoms with Gasteiger partial charge in [-0.2, -0.15) is 0 Å². The Morgan fingerprint density at radius 2 is 2.06 bits per heavy atom. The van der Waals surface area contributed by atoms with Crippen molar-refractivity contribution < 1.29 is 13.9 Å². The first-order valence-corrected chi connectivity index (χ1v) is 11.3. The van der Waals surface area contributed by atoms with Crippen LogP contribution < -0.4 is 4.74 Å². The summed E-state index contributed by atoms with van der Waals surface area (Å²) in [4.78, 5) is 20.5. The summed E-state index contributed by atoms with van der Waals surface area (Å²) in [5, 5.41) is 6.41. The van der Waals surface area contributed by atoms with Crippen molar-refractivity contribution in [1.82, 2.24) is 19.7 Å². The molecule has 3 heterocycles. The highest BCUT2D eigenvalue weighted by molar-refractivity contribution is 7.13. The smallest absolute Gasteiger partial charge is 0.293 e. The SMILES string of the molecule is CCOc1ccc2c(c1)CN(C(=O)c1nc(-c3cccs3)n(-c3cccc(F)c3)n1)CC2. The molecule has 4 aromatic rings. The number of hydrogen-bond donors (Lipinski definition) is 0. The largest absolute Gasteiger partial charge is 0.494 e. The molecule has 1 aliphatic heterocycles. The van der Waals surface area contributed by atoms with Crippen molar-refractivity contribution in [3.05, 3.63) is 82.7 Å². The third-order valence-electron chi connectivity index (χ3n) is 5.38. The first kappa shape index (κ1) is 20.4. The van der Waals surface area contributed by atoms with Gasteiger partial charge >= 0.3 is 0 Å². The minimum atomic E-state index is -0.374. The van der Waals surface area contributed by atoms with Crippen molar-refractivity contribution in [2.45, 2.75) is 19.9 Å². The summed E-state index contributed by atoms with van der Waals surface area (Å²) < 4.78 is 21.0. The van der Waals surface area contributed by atoms with Crippen LogP contribution in [0, 0.1) is 5.82 Å². The molecule has 32 heavy (non-hydrogen) atoms. The van der Waals surface area contributed by atoms with E-state index in [0.717, 1.165) is 22.6 Å². The van der Waals surface area contributed by atoms with E-state index in [1.54, 1.807) is 17.0 Å². The number of aromatic nitrogens is 3. The molecule has 6 nitrogen and oxygen atoms in total. The summed E-state index contributed by atoms with van der Waals surface area (Å²) in [6.07, 6.45) is 0.760. The Kier molecular flexibility index (Phi) is 5.45. The van der Waals surface area contributed by atoms with Crippen molar-refractivity contribution in [3.8, 4) is 22.1 Å². The zero-order valence-corrected chi connectivity index (χ0v) is 18.3. The molecule has 2 aromatic heterocycles. The average molecular weight is 449 g/mol. The van der Waals surface area contributed by atoms with Crippen LogP contribution >= 0.6 is 11.3 Å². The number of ether oxygens (including phenoxy) is 1. The molecular weight excluding hydrogens is 427 g/mol. The maximum atomic E-state index is 13.9. The number of amides is 1. The maximum Gasteiger partial charge on any atom is 0.293 e. The minimum Gasteiger partial charge on any atom is -0.494 e. The van der Waals surface area contributed by atoms with Gasteiger partial charge in [0, 0.05) is 13.1 Å². The van der Waals surface area contributed by atoms with Gasteiger partial charge in [0.2, 0.25) is 5.82 Å². The van der Waals surface area contributed by atoms with E-state index in [2.05, 4.69) is 16.1 Å². The second-order valence-corrected chi connectivity index (χ2v) is 8.42. The van der Waals surface area contributed by atoms with Crippen molar-refractivity contribution in [3.63, 3.8) is 0 Å². The molecule has 2 aromatic carbocycles. The van der Waals surface area contributed by atoms with E-state index in [4.69, 9.17) is 4.74 Å². The Labute approximate surface area is 188 Å². The zero-order chi connectivity index (χ0) is 22.1. The molecule has 1 aliphatic rings. The van der Waals surface area contributed by atoms with Crippen LogP contribution in [0.1, 0.15) is 28.7 Å². The molecule has 5 rings (SSSR count). The molecule has 0 saturated heterocycles. The van der Waals surface area contributed by atoms with Crippen LogP contribution in [0.15, 0.2) is 60.0 Å². The Morgan fingerprint density at radius 1 is 1.16 bits per heavy atom. The van der Waals surface area contributed by atoms with Gasteiger partial charge in [0.25, 0.3) is 5.91 Å². The predicted octanol–water partition coefficient (Wildman–Crippen LogP) is 4.73. The van der Waals surface area contributed by atoms with Gasteiger partial charge in [-0.3, -0.25) is 4.79 Å². The summed E-state index contributed by atoms with van der Waals surface area (Å²) in [7, 11) is 0. The molecule has 0 unspecified atom stereocenters. The molecule has 162 valence electrons. The first-order chi connectivity index (χ1) is 15.6. The number of carbonyl (C=O) groups is 1. The topological polar surface area (TPSA) is 60.2 Å². The molecule has 0 saturated carbocycles. The summed E-state index contributed by atoms with van der Waals surface area (Å²) in [5.41, 5.74) is 2.80. The van der Waals surface area contributed by atoms with E-state index >= 15 is 0 Å². The molecule has 0 fully saturated rings. The van der Waals surface area contributed by atoms with Crippen LogP contribution in [0.25, 0.3) is 16.4 Å². The van der Waals surface area contributed by atoms with Gasteiger partial charge in [0.15, 0.2) is 5.82 Å². The fourth-order valence-electron chi connectivity index (χ4n) is 3.86. The lowest BCUT2D eigenvalue weighted by molar-refractivity contribution is 0.0722. The fraction of sp³-hybridized carbons (Fsp3) is 0.208. The Hall–Kier alpha value is -3.52. The number of hydrogen-bond acceptors (Lipinski definition) is 5. The van der Waals surface area contributed by atoms with E-state index in [0.29, 0.717) is 31.2 Å². The predicted molar refractivity (Wildman–Crippen MR) is 121 cm³/mol. The number of nitrogens with zero attached hydrogens (tertiary/aromatic N) is 4. The third-order valence-corrected chi connectivity index (χ3v) is 6.25. The summed E-state index contributed by atoms with van der Waals surface area (Å²) in [6, 6.07) is 16.0. The van der Waals surface area contributed by atoms with Gasteiger partial charge in [0.1, 0.15) is 11.6 Å². The van der Waals surface area contributed by atoms with Crippen LogP contribution in [0.2, 0.25) is 0 Å². The van der Waals surface area contributed by atoms with Crippen LogP contribution in [0.5, 0.6) is 5.75 Å². The van der Waals surface area contributed by atoms with E-state index in [1.807, 2.05) is 36.6 Å².